The normalized spacial score (nSPS) is 12.1. The van der Waals surface area contributed by atoms with Crippen molar-refractivity contribution in [3.8, 4) is 11.5 Å². The van der Waals surface area contributed by atoms with Crippen LogP contribution in [0.25, 0.3) is 0 Å². The van der Waals surface area contributed by atoms with E-state index in [4.69, 9.17) is 9.47 Å². The van der Waals surface area contributed by atoms with E-state index in [1.165, 1.54) is 4.31 Å². The van der Waals surface area contributed by atoms with Gasteiger partial charge in [0.15, 0.2) is 0 Å². The lowest BCUT2D eigenvalue weighted by molar-refractivity contribution is -0.121. The summed E-state index contributed by atoms with van der Waals surface area (Å²) in [6.07, 6.45) is 1.76. The second-order valence-corrected chi connectivity index (χ2v) is 8.57. The number of hydrogen-bond donors (Lipinski definition) is 1. The van der Waals surface area contributed by atoms with Crippen LogP contribution in [-0.2, 0) is 14.8 Å². The summed E-state index contributed by atoms with van der Waals surface area (Å²) >= 11 is 0. The Morgan fingerprint density at radius 1 is 1.07 bits per heavy atom. The molecule has 0 bridgehead atoms. The lowest BCUT2D eigenvalue weighted by atomic mass is 10.1. The Hall–Kier alpha value is -2.74. The van der Waals surface area contributed by atoms with Crippen LogP contribution in [0.15, 0.2) is 48.5 Å². The summed E-state index contributed by atoms with van der Waals surface area (Å²) in [6, 6.07) is 14.1. The van der Waals surface area contributed by atoms with Gasteiger partial charge in [0.2, 0.25) is 15.9 Å². The third kappa shape index (κ3) is 6.39. The minimum absolute atomic E-state index is 0.147. The van der Waals surface area contributed by atoms with Crippen LogP contribution in [0.2, 0.25) is 0 Å². The molecule has 0 spiro atoms. The molecule has 0 aromatic heterocycles. The summed E-state index contributed by atoms with van der Waals surface area (Å²) < 4.78 is 36.1. The van der Waals surface area contributed by atoms with Crippen molar-refractivity contribution in [2.75, 3.05) is 31.3 Å². The molecule has 2 rings (SSSR count). The van der Waals surface area contributed by atoms with Crippen LogP contribution < -0.4 is 19.1 Å². The number of amides is 1. The number of nitrogens with zero attached hydrogens (tertiary/aromatic N) is 1. The summed E-state index contributed by atoms with van der Waals surface area (Å²) in [5, 5.41) is 2.93. The van der Waals surface area contributed by atoms with Gasteiger partial charge < -0.3 is 14.8 Å². The molecule has 1 atom stereocenters. The monoisotopic (exact) mass is 420 g/mol. The zero-order valence-electron chi connectivity index (χ0n) is 17.2. The first-order chi connectivity index (χ1) is 13.8. The molecule has 0 saturated carbocycles. The fraction of sp³-hybridized carbons (Fsp3) is 0.381. The number of methoxy groups -OCH3 is 2. The van der Waals surface area contributed by atoms with E-state index in [-0.39, 0.29) is 24.9 Å². The van der Waals surface area contributed by atoms with Crippen molar-refractivity contribution in [3.63, 3.8) is 0 Å². The Balaban J connectivity index is 1.95. The van der Waals surface area contributed by atoms with Gasteiger partial charge in [-0.2, -0.15) is 0 Å². The highest BCUT2D eigenvalue weighted by atomic mass is 32.2. The van der Waals surface area contributed by atoms with Crippen molar-refractivity contribution >= 4 is 21.6 Å². The van der Waals surface area contributed by atoms with E-state index < -0.39 is 10.0 Å². The van der Waals surface area contributed by atoms with Gasteiger partial charge in [0.1, 0.15) is 11.5 Å². The number of benzene rings is 2. The quantitative estimate of drug-likeness (QED) is 0.638. The number of anilines is 1. The van der Waals surface area contributed by atoms with Gasteiger partial charge in [-0.05, 0) is 43.7 Å². The minimum atomic E-state index is -3.47. The molecule has 0 fully saturated rings. The van der Waals surface area contributed by atoms with E-state index in [1.54, 1.807) is 38.5 Å². The van der Waals surface area contributed by atoms with Gasteiger partial charge in [0, 0.05) is 18.5 Å². The van der Waals surface area contributed by atoms with Crippen LogP contribution in [0.3, 0.4) is 0 Å². The Bertz CT molecular complexity index is 913. The molecule has 0 unspecified atom stereocenters. The van der Waals surface area contributed by atoms with E-state index in [9.17, 15) is 13.2 Å². The van der Waals surface area contributed by atoms with Crippen LogP contribution in [0.1, 0.15) is 31.4 Å². The average molecular weight is 421 g/mol. The molecule has 158 valence electrons. The molecule has 0 aliphatic heterocycles. The second-order valence-electron chi connectivity index (χ2n) is 6.67. The van der Waals surface area contributed by atoms with Crippen LogP contribution in [0.5, 0.6) is 11.5 Å². The van der Waals surface area contributed by atoms with Crippen LogP contribution in [0.4, 0.5) is 5.69 Å². The molecule has 0 radical (unpaired) electrons. The van der Waals surface area contributed by atoms with E-state index in [1.807, 2.05) is 31.2 Å². The molecule has 2 aromatic rings. The summed E-state index contributed by atoms with van der Waals surface area (Å²) in [7, 11) is -0.327. The number of ether oxygens (including phenoxy) is 2. The fourth-order valence-corrected chi connectivity index (χ4v) is 4.00. The number of hydrogen-bond acceptors (Lipinski definition) is 5. The molecular weight excluding hydrogens is 392 g/mol. The van der Waals surface area contributed by atoms with Crippen molar-refractivity contribution in [2.24, 2.45) is 0 Å². The van der Waals surface area contributed by atoms with Gasteiger partial charge in [-0.25, -0.2) is 8.42 Å². The molecule has 1 N–H and O–H groups in total. The standard InChI is InChI=1S/C21H28N2O5S/c1-16(19-8-5-6-9-20(19)28-3)22-21(24)10-7-15-23(29(4,25)26)17-11-13-18(27-2)14-12-17/h5-6,8-9,11-14,16H,7,10,15H2,1-4H3,(H,22,24)/t16-/m1/s1. The van der Waals surface area contributed by atoms with E-state index in [0.29, 0.717) is 23.6 Å². The highest BCUT2D eigenvalue weighted by molar-refractivity contribution is 7.92. The molecule has 0 heterocycles. The van der Waals surface area contributed by atoms with Gasteiger partial charge in [-0.3, -0.25) is 9.10 Å². The molecule has 0 saturated heterocycles. The molecule has 2 aromatic carbocycles. The number of rotatable bonds is 10. The average Bonchev–Trinajstić information content (AvgIpc) is 2.70. The number of carbonyl (C=O) groups excluding carboxylic acids is 1. The lowest BCUT2D eigenvalue weighted by Crippen LogP contribution is -2.32. The molecule has 0 aliphatic carbocycles. The Morgan fingerprint density at radius 2 is 1.72 bits per heavy atom. The minimum Gasteiger partial charge on any atom is -0.497 e. The highest BCUT2D eigenvalue weighted by Gasteiger charge is 2.18. The van der Waals surface area contributed by atoms with Gasteiger partial charge in [0.25, 0.3) is 0 Å². The fourth-order valence-electron chi connectivity index (χ4n) is 3.03. The largest absolute Gasteiger partial charge is 0.497 e. The topological polar surface area (TPSA) is 84.9 Å². The lowest BCUT2D eigenvalue weighted by Gasteiger charge is -2.23. The van der Waals surface area contributed by atoms with Crippen molar-refractivity contribution in [1.82, 2.24) is 5.32 Å². The first kappa shape index (κ1) is 22.5. The van der Waals surface area contributed by atoms with Crippen LogP contribution >= 0.6 is 0 Å². The van der Waals surface area contributed by atoms with E-state index >= 15 is 0 Å². The number of nitrogens with one attached hydrogen (secondary N) is 1. The van der Waals surface area contributed by atoms with Crippen LogP contribution in [-0.4, -0.2) is 41.3 Å². The smallest absolute Gasteiger partial charge is 0.232 e. The number of para-hydroxylation sites is 1. The summed E-state index contributed by atoms with van der Waals surface area (Å²) in [5.41, 5.74) is 1.43. The molecule has 1 amide bonds. The maximum absolute atomic E-state index is 12.3. The second kappa shape index (κ2) is 10.2. The Kier molecular flexibility index (Phi) is 7.90. The van der Waals surface area contributed by atoms with Crippen molar-refractivity contribution < 1.29 is 22.7 Å². The number of carbonyl (C=O) groups is 1. The predicted molar refractivity (Wildman–Crippen MR) is 114 cm³/mol. The first-order valence-corrected chi connectivity index (χ1v) is 11.1. The molecular formula is C21H28N2O5S. The summed E-state index contributed by atoms with van der Waals surface area (Å²) in [6.45, 7) is 2.09. The molecule has 8 heteroatoms. The third-order valence-corrected chi connectivity index (χ3v) is 5.70. The van der Waals surface area contributed by atoms with Gasteiger partial charge in [-0.15, -0.1) is 0 Å². The van der Waals surface area contributed by atoms with Crippen molar-refractivity contribution in [1.29, 1.82) is 0 Å². The maximum Gasteiger partial charge on any atom is 0.232 e. The van der Waals surface area contributed by atoms with Crippen molar-refractivity contribution in [3.05, 3.63) is 54.1 Å². The first-order valence-electron chi connectivity index (χ1n) is 9.30. The SMILES string of the molecule is COc1ccc(N(CCCC(=O)N[C@H](C)c2ccccc2OC)S(C)(=O)=O)cc1. The van der Waals surface area contributed by atoms with Gasteiger partial charge >= 0.3 is 0 Å². The van der Waals surface area contributed by atoms with Crippen LogP contribution in [0, 0.1) is 0 Å². The van der Waals surface area contributed by atoms with E-state index in [2.05, 4.69) is 5.32 Å². The van der Waals surface area contributed by atoms with E-state index in [0.717, 1.165) is 11.8 Å². The zero-order chi connectivity index (χ0) is 21.4. The van der Waals surface area contributed by atoms with Gasteiger partial charge in [-0.1, -0.05) is 18.2 Å². The molecule has 29 heavy (non-hydrogen) atoms. The predicted octanol–water partition coefficient (Wildman–Crippen LogP) is 3.13. The summed E-state index contributed by atoms with van der Waals surface area (Å²) in [4.78, 5) is 12.3. The Labute approximate surface area is 172 Å². The summed E-state index contributed by atoms with van der Waals surface area (Å²) in [5.74, 6) is 1.21. The molecule has 0 aliphatic rings. The third-order valence-electron chi connectivity index (χ3n) is 4.51. The molecule has 7 nitrogen and oxygen atoms in total. The highest BCUT2D eigenvalue weighted by Crippen LogP contribution is 2.25. The number of sulfonamides is 1. The maximum atomic E-state index is 12.3. The van der Waals surface area contributed by atoms with Gasteiger partial charge in [0.05, 0.1) is 32.2 Å². The van der Waals surface area contributed by atoms with Crippen molar-refractivity contribution in [2.45, 2.75) is 25.8 Å². The zero-order valence-corrected chi connectivity index (χ0v) is 18.0. The Morgan fingerprint density at radius 3 is 2.31 bits per heavy atom.